The average Bonchev–Trinajstić information content (AvgIpc) is 3.16. The van der Waals surface area contributed by atoms with Gasteiger partial charge in [0.05, 0.1) is 19.0 Å². The summed E-state index contributed by atoms with van der Waals surface area (Å²) in [5, 5.41) is 0. The largest absolute Gasteiger partial charge is 0.497 e. The van der Waals surface area contributed by atoms with E-state index in [9.17, 15) is 9.59 Å². The highest BCUT2D eigenvalue weighted by atomic mass is 16.5. The summed E-state index contributed by atoms with van der Waals surface area (Å²) in [6.45, 7) is 7.69. The SMILES string of the molecule is COc1cccc(N2CCN(C(=O)c3cnc4c(c3)ncn4CC(C)C)C(C)C2=O)c1. The molecule has 1 atom stereocenters. The zero-order valence-corrected chi connectivity index (χ0v) is 18.3. The van der Waals surface area contributed by atoms with Gasteiger partial charge in [-0.05, 0) is 31.0 Å². The summed E-state index contributed by atoms with van der Waals surface area (Å²) in [4.78, 5) is 38.4. The highest BCUT2D eigenvalue weighted by Crippen LogP contribution is 2.25. The monoisotopic (exact) mass is 421 g/mol. The molecule has 8 nitrogen and oxygen atoms in total. The summed E-state index contributed by atoms with van der Waals surface area (Å²) in [6.07, 6.45) is 3.33. The van der Waals surface area contributed by atoms with E-state index in [1.807, 2.05) is 28.8 Å². The number of benzene rings is 1. The molecule has 3 heterocycles. The number of nitrogens with zero attached hydrogens (tertiary/aromatic N) is 5. The van der Waals surface area contributed by atoms with Crippen molar-refractivity contribution in [2.75, 3.05) is 25.1 Å². The number of hydrogen-bond donors (Lipinski definition) is 0. The molecule has 3 aromatic rings. The first-order chi connectivity index (χ1) is 14.9. The number of anilines is 1. The first-order valence-corrected chi connectivity index (χ1v) is 10.5. The van der Waals surface area contributed by atoms with Gasteiger partial charge in [-0.2, -0.15) is 0 Å². The number of amides is 2. The van der Waals surface area contributed by atoms with Crippen LogP contribution in [0.4, 0.5) is 5.69 Å². The predicted molar refractivity (Wildman–Crippen MR) is 118 cm³/mol. The van der Waals surface area contributed by atoms with Gasteiger partial charge in [-0.25, -0.2) is 9.97 Å². The number of hydrogen-bond acceptors (Lipinski definition) is 5. The Hall–Kier alpha value is -3.42. The fourth-order valence-electron chi connectivity index (χ4n) is 3.94. The molecule has 0 spiro atoms. The van der Waals surface area contributed by atoms with Gasteiger partial charge in [-0.1, -0.05) is 19.9 Å². The number of ether oxygens (including phenoxy) is 1. The van der Waals surface area contributed by atoms with Crippen LogP contribution in [0.15, 0.2) is 42.9 Å². The van der Waals surface area contributed by atoms with Gasteiger partial charge in [0.15, 0.2) is 5.65 Å². The molecule has 0 radical (unpaired) electrons. The number of imidazole rings is 1. The third-order valence-corrected chi connectivity index (χ3v) is 5.55. The minimum Gasteiger partial charge on any atom is -0.497 e. The van der Waals surface area contributed by atoms with Crippen LogP contribution in [0.2, 0.25) is 0 Å². The highest BCUT2D eigenvalue weighted by Gasteiger charge is 2.35. The van der Waals surface area contributed by atoms with E-state index in [1.54, 1.807) is 42.4 Å². The molecule has 1 saturated heterocycles. The van der Waals surface area contributed by atoms with Gasteiger partial charge in [0.1, 0.15) is 17.3 Å². The molecule has 1 unspecified atom stereocenters. The van der Waals surface area contributed by atoms with Crippen LogP contribution >= 0.6 is 0 Å². The summed E-state index contributed by atoms with van der Waals surface area (Å²) < 4.78 is 7.26. The van der Waals surface area contributed by atoms with E-state index in [-0.39, 0.29) is 11.8 Å². The molecule has 31 heavy (non-hydrogen) atoms. The van der Waals surface area contributed by atoms with Crippen molar-refractivity contribution in [2.45, 2.75) is 33.4 Å². The molecule has 1 fully saturated rings. The third-order valence-electron chi connectivity index (χ3n) is 5.55. The normalized spacial score (nSPS) is 16.9. The minimum atomic E-state index is -0.582. The number of carbonyl (C=O) groups excluding carboxylic acids is 2. The fourth-order valence-corrected chi connectivity index (χ4v) is 3.94. The van der Waals surface area contributed by atoms with Gasteiger partial charge in [0.25, 0.3) is 5.91 Å². The van der Waals surface area contributed by atoms with Crippen molar-refractivity contribution in [1.82, 2.24) is 19.4 Å². The van der Waals surface area contributed by atoms with Crippen molar-refractivity contribution < 1.29 is 14.3 Å². The maximum absolute atomic E-state index is 13.2. The van der Waals surface area contributed by atoms with E-state index < -0.39 is 6.04 Å². The van der Waals surface area contributed by atoms with Gasteiger partial charge in [0.2, 0.25) is 5.91 Å². The molecular formula is C23H27N5O3. The molecule has 0 aliphatic carbocycles. The number of rotatable bonds is 5. The molecule has 162 valence electrons. The van der Waals surface area contributed by atoms with E-state index >= 15 is 0 Å². The second kappa shape index (κ2) is 8.37. The molecular weight excluding hydrogens is 394 g/mol. The number of pyridine rings is 1. The van der Waals surface area contributed by atoms with Crippen molar-refractivity contribution in [3.05, 3.63) is 48.4 Å². The second-order valence-corrected chi connectivity index (χ2v) is 8.22. The van der Waals surface area contributed by atoms with Crippen molar-refractivity contribution >= 4 is 28.7 Å². The molecule has 1 aliphatic rings. The molecule has 0 saturated carbocycles. The van der Waals surface area contributed by atoms with E-state index in [0.29, 0.717) is 35.8 Å². The van der Waals surface area contributed by atoms with Crippen LogP contribution < -0.4 is 9.64 Å². The van der Waals surface area contributed by atoms with Crippen molar-refractivity contribution in [3.63, 3.8) is 0 Å². The van der Waals surface area contributed by atoms with E-state index in [4.69, 9.17) is 4.74 Å². The Kier molecular flexibility index (Phi) is 5.63. The van der Waals surface area contributed by atoms with E-state index in [1.165, 1.54) is 0 Å². The maximum atomic E-state index is 13.2. The Balaban J connectivity index is 1.53. The average molecular weight is 422 g/mol. The predicted octanol–water partition coefficient (Wildman–Crippen LogP) is 2.97. The number of methoxy groups -OCH3 is 1. The van der Waals surface area contributed by atoms with Crippen LogP contribution in [0.1, 0.15) is 31.1 Å². The van der Waals surface area contributed by atoms with Crippen LogP contribution in [0, 0.1) is 5.92 Å². The lowest BCUT2D eigenvalue weighted by atomic mass is 10.1. The minimum absolute atomic E-state index is 0.122. The van der Waals surface area contributed by atoms with Gasteiger partial charge in [0, 0.05) is 37.6 Å². The topological polar surface area (TPSA) is 80.6 Å². The molecule has 1 aliphatic heterocycles. The zero-order valence-electron chi connectivity index (χ0n) is 18.3. The Bertz CT molecular complexity index is 1120. The lowest BCUT2D eigenvalue weighted by molar-refractivity contribution is -0.124. The summed E-state index contributed by atoms with van der Waals surface area (Å²) in [5.74, 6) is 0.822. The standard InChI is InChI=1S/C23H27N5O3/c1-15(2)13-26-14-25-20-10-17(12-24-21(20)26)23(30)27-8-9-28(22(29)16(27)3)18-6-5-7-19(11-18)31-4/h5-7,10-12,14-16H,8-9,13H2,1-4H3. The van der Waals surface area contributed by atoms with E-state index in [2.05, 4.69) is 23.8 Å². The summed E-state index contributed by atoms with van der Waals surface area (Å²) in [5.41, 5.74) is 2.65. The van der Waals surface area contributed by atoms with Crippen LogP contribution in [-0.2, 0) is 11.3 Å². The van der Waals surface area contributed by atoms with Crippen LogP contribution in [0.25, 0.3) is 11.2 Å². The first-order valence-electron chi connectivity index (χ1n) is 10.5. The van der Waals surface area contributed by atoms with Gasteiger partial charge >= 0.3 is 0 Å². The Morgan fingerprint density at radius 3 is 2.77 bits per heavy atom. The fraction of sp³-hybridized carbons (Fsp3) is 0.391. The second-order valence-electron chi connectivity index (χ2n) is 8.22. The molecule has 8 heteroatoms. The Morgan fingerprint density at radius 1 is 1.23 bits per heavy atom. The first kappa shape index (κ1) is 20.8. The number of fused-ring (bicyclic) bond motifs is 1. The van der Waals surface area contributed by atoms with Gasteiger partial charge in [-0.3, -0.25) is 9.59 Å². The van der Waals surface area contributed by atoms with E-state index in [0.717, 1.165) is 17.9 Å². The quantitative estimate of drug-likeness (QED) is 0.633. The van der Waals surface area contributed by atoms with Crippen LogP contribution in [-0.4, -0.2) is 57.5 Å². The number of aromatic nitrogens is 3. The molecule has 2 aromatic heterocycles. The molecule has 4 rings (SSSR count). The summed E-state index contributed by atoms with van der Waals surface area (Å²) in [6, 6.07) is 8.56. The lowest BCUT2D eigenvalue weighted by Crippen LogP contribution is -2.57. The summed E-state index contributed by atoms with van der Waals surface area (Å²) >= 11 is 0. The zero-order chi connectivity index (χ0) is 22.1. The molecule has 0 N–H and O–H groups in total. The Morgan fingerprint density at radius 2 is 2.03 bits per heavy atom. The molecule has 1 aromatic carbocycles. The Labute approximate surface area is 181 Å². The van der Waals surface area contributed by atoms with Crippen molar-refractivity contribution in [2.24, 2.45) is 5.92 Å². The third kappa shape index (κ3) is 3.97. The highest BCUT2D eigenvalue weighted by molar-refractivity contribution is 6.04. The maximum Gasteiger partial charge on any atom is 0.256 e. The van der Waals surface area contributed by atoms with Crippen LogP contribution in [0.5, 0.6) is 5.75 Å². The molecule has 2 amide bonds. The van der Waals surface area contributed by atoms with Gasteiger partial charge in [-0.15, -0.1) is 0 Å². The van der Waals surface area contributed by atoms with Crippen LogP contribution in [0.3, 0.4) is 0 Å². The smallest absolute Gasteiger partial charge is 0.256 e. The lowest BCUT2D eigenvalue weighted by Gasteiger charge is -2.39. The summed E-state index contributed by atoms with van der Waals surface area (Å²) in [7, 11) is 1.59. The van der Waals surface area contributed by atoms with Crippen molar-refractivity contribution in [3.8, 4) is 5.75 Å². The van der Waals surface area contributed by atoms with Crippen molar-refractivity contribution in [1.29, 1.82) is 0 Å². The number of piperazine rings is 1. The number of carbonyl (C=O) groups is 2. The molecule has 0 bridgehead atoms. The van der Waals surface area contributed by atoms with Gasteiger partial charge < -0.3 is 19.1 Å².